The standard InChI is InChI=1S/C72H118/c1-5-23-47(24-6-1)53-39-21-41-55-65(49-27-9-3-10-28-49)43-51(45-67(53)55)69-57-31-13-17-35-61(57)71(62-36-18-14-32-58(62)69)72-63-37-19-15-33-59(63)70(60-34-16-20-38-64(60)72)52-44-66(50-29-11-4-12-30-50)56-42-22-40-54(68(56)46-52)48-25-7-2-8-26-48/h47-72H,1-46H2. The van der Waals surface area contributed by atoms with Gasteiger partial charge in [0.2, 0.25) is 0 Å². The largest absolute Gasteiger partial charge is 0.0533 e. The van der Waals surface area contributed by atoms with Crippen LogP contribution in [0.25, 0.3) is 0 Å². The van der Waals surface area contributed by atoms with Crippen molar-refractivity contribution < 1.29 is 0 Å². The van der Waals surface area contributed by atoms with E-state index in [2.05, 4.69) is 0 Å². The van der Waals surface area contributed by atoms with Gasteiger partial charge < -0.3 is 0 Å². The van der Waals surface area contributed by atoms with Crippen LogP contribution >= 0.6 is 0 Å². The summed E-state index contributed by atoms with van der Waals surface area (Å²) in [6.45, 7) is 0. The van der Waals surface area contributed by atoms with E-state index < -0.39 is 0 Å². The molecule has 0 aliphatic heterocycles. The zero-order valence-corrected chi connectivity index (χ0v) is 47.5. The van der Waals surface area contributed by atoms with Gasteiger partial charge in [0.15, 0.2) is 0 Å². The normalized spacial score (nSPS) is 51.3. The second kappa shape index (κ2) is 22.6. The lowest BCUT2D eigenvalue weighted by atomic mass is 9.38. The monoisotopic (exact) mass is 983 g/mol. The summed E-state index contributed by atoms with van der Waals surface area (Å²) in [6.07, 6.45) is 74.7. The summed E-state index contributed by atoms with van der Waals surface area (Å²) in [5.41, 5.74) is 0. The van der Waals surface area contributed by atoms with Crippen LogP contribution in [0.5, 0.6) is 0 Å². The molecule has 0 nitrogen and oxygen atoms in total. The van der Waals surface area contributed by atoms with Crippen molar-refractivity contribution in [1.82, 2.24) is 0 Å². The maximum absolute atomic E-state index is 1.73. The van der Waals surface area contributed by atoms with E-state index in [0.29, 0.717) is 0 Å². The summed E-state index contributed by atoms with van der Waals surface area (Å²) < 4.78 is 0. The van der Waals surface area contributed by atoms with Crippen molar-refractivity contribution in [3.8, 4) is 0 Å². The van der Waals surface area contributed by atoms with Crippen LogP contribution < -0.4 is 0 Å². The van der Waals surface area contributed by atoms with Crippen molar-refractivity contribution >= 4 is 0 Å². The molecule has 406 valence electrons. The van der Waals surface area contributed by atoms with Gasteiger partial charge in [-0.25, -0.2) is 0 Å². The first-order valence-corrected chi connectivity index (χ1v) is 35.8. The smallest absolute Gasteiger partial charge is 0.0318 e. The zero-order valence-electron chi connectivity index (χ0n) is 47.5. The van der Waals surface area contributed by atoms with E-state index in [1.165, 1.54) is 0 Å². The molecule has 0 aromatic heterocycles. The van der Waals surface area contributed by atoms with Crippen LogP contribution in [0.4, 0.5) is 0 Å². The van der Waals surface area contributed by atoms with Gasteiger partial charge >= 0.3 is 0 Å². The van der Waals surface area contributed by atoms with Crippen LogP contribution in [-0.4, -0.2) is 0 Å². The lowest BCUT2D eigenvalue weighted by molar-refractivity contribution is -0.183. The van der Waals surface area contributed by atoms with Crippen molar-refractivity contribution in [3.05, 3.63) is 0 Å². The predicted molar refractivity (Wildman–Crippen MR) is 303 cm³/mol. The molecule has 0 heteroatoms. The lowest BCUT2D eigenvalue weighted by Gasteiger charge is -2.67. The van der Waals surface area contributed by atoms with E-state index in [1.807, 2.05) is 0 Å². The number of rotatable bonds is 7. The maximum Gasteiger partial charge on any atom is -0.0318 e. The molecule has 18 atom stereocenters. The molecule has 14 fully saturated rings. The summed E-state index contributed by atoms with van der Waals surface area (Å²) in [5, 5.41) is 0. The van der Waals surface area contributed by atoms with E-state index in [4.69, 9.17) is 0 Å². The summed E-state index contributed by atoms with van der Waals surface area (Å²) in [4.78, 5) is 0. The quantitative estimate of drug-likeness (QED) is 0.238. The van der Waals surface area contributed by atoms with Gasteiger partial charge in [-0.2, -0.15) is 0 Å². The molecule has 0 amide bonds. The van der Waals surface area contributed by atoms with Gasteiger partial charge in [-0.1, -0.05) is 193 Å². The third-order valence-electron chi connectivity index (χ3n) is 29.8. The van der Waals surface area contributed by atoms with Gasteiger partial charge in [-0.15, -0.1) is 0 Å². The van der Waals surface area contributed by atoms with E-state index in [0.717, 1.165) is 154 Å². The average molecular weight is 984 g/mol. The number of hydrogen-bond donors (Lipinski definition) is 0. The Hall–Kier alpha value is 0. The minimum absolute atomic E-state index is 1.10. The Labute approximate surface area is 447 Å². The second-order valence-electron chi connectivity index (χ2n) is 32.0. The third-order valence-corrected chi connectivity index (χ3v) is 29.8. The fourth-order valence-corrected chi connectivity index (χ4v) is 27.9. The molecule has 14 aliphatic carbocycles. The molecule has 0 spiro atoms. The lowest BCUT2D eigenvalue weighted by Crippen LogP contribution is -2.60. The highest BCUT2D eigenvalue weighted by atomic mass is 14.7. The fraction of sp³-hybridized carbons (Fsp3) is 1.00. The van der Waals surface area contributed by atoms with E-state index in [-0.39, 0.29) is 0 Å². The molecule has 0 aromatic carbocycles. The third kappa shape index (κ3) is 9.43. The van der Waals surface area contributed by atoms with Gasteiger partial charge in [0, 0.05) is 0 Å². The van der Waals surface area contributed by atoms with E-state index >= 15 is 0 Å². The van der Waals surface area contributed by atoms with Gasteiger partial charge in [0.25, 0.3) is 0 Å². The average Bonchev–Trinajstić information content (AvgIpc) is 3.46. The molecular weight excluding hydrogens is 865 g/mol. The van der Waals surface area contributed by atoms with E-state index in [1.54, 1.807) is 295 Å². The molecule has 0 radical (unpaired) electrons. The second-order valence-corrected chi connectivity index (χ2v) is 32.0. The van der Waals surface area contributed by atoms with Gasteiger partial charge in [0.1, 0.15) is 0 Å². The van der Waals surface area contributed by atoms with Crippen LogP contribution in [0.1, 0.15) is 295 Å². The molecular formula is C72H118. The van der Waals surface area contributed by atoms with Crippen molar-refractivity contribution in [3.63, 3.8) is 0 Å². The Balaban J connectivity index is 0.796. The first-order chi connectivity index (χ1) is 35.8. The summed E-state index contributed by atoms with van der Waals surface area (Å²) in [7, 11) is 0. The molecule has 0 N–H and O–H groups in total. The zero-order chi connectivity index (χ0) is 47.5. The Morgan fingerprint density at radius 3 is 0.611 bits per heavy atom. The van der Waals surface area contributed by atoms with Crippen molar-refractivity contribution in [1.29, 1.82) is 0 Å². The molecule has 0 saturated heterocycles. The molecule has 0 aromatic rings. The Morgan fingerprint density at radius 1 is 0.111 bits per heavy atom. The summed E-state index contributed by atoms with van der Waals surface area (Å²) in [5.74, 6) is 29.0. The molecule has 72 heavy (non-hydrogen) atoms. The van der Waals surface area contributed by atoms with Crippen molar-refractivity contribution in [2.24, 2.45) is 154 Å². The predicted octanol–water partition coefficient (Wildman–Crippen LogP) is 21.1. The maximum atomic E-state index is 1.73. The molecule has 0 bridgehead atoms. The van der Waals surface area contributed by atoms with Gasteiger partial charge in [-0.05, 0) is 257 Å². The molecule has 14 rings (SSSR count). The summed E-state index contributed by atoms with van der Waals surface area (Å²) >= 11 is 0. The van der Waals surface area contributed by atoms with Crippen LogP contribution in [-0.2, 0) is 0 Å². The fourth-order valence-electron chi connectivity index (χ4n) is 27.9. The van der Waals surface area contributed by atoms with Crippen LogP contribution in [0.3, 0.4) is 0 Å². The Bertz CT molecular complexity index is 1530. The van der Waals surface area contributed by atoms with Crippen LogP contribution in [0.15, 0.2) is 0 Å². The minimum Gasteiger partial charge on any atom is -0.0533 e. The number of hydrogen-bond acceptors (Lipinski definition) is 0. The Kier molecular flexibility index (Phi) is 15.8. The summed E-state index contributed by atoms with van der Waals surface area (Å²) in [6, 6.07) is 0. The highest BCUT2D eigenvalue weighted by Crippen LogP contribution is 2.71. The van der Waals surface area contributed by atoms with Gasteiger partial charge in [-0.3, -0.25) is 0 Å². The van der Waals surface area contributed by atoms with Crippen LogP contribution in [0, 0.1) is 154 Å². The molecule has 18 unspecified atom stereocenters. The van der Waals surface area contributed by atoms with Gasteiger partial charge in [0.05, 0.1) is 0 Å². The van der Waals surface area contributed by atoms with E-state index in [9.17, 15) is 0 Å². The van der Waals surface area contributed by atoms with Crippen molar-refractivity contribution in [2.75, 3.05) is 0 Å². The highest BCUT2D eigenvalue weighted by Gasteiger charge is 2.63. The molecule has 14 aliphatic rings. The SMILES string of the molecule is C1CCC(C2CC(C3C4CCCCC4C(C4C5CCCCC5C(C5CC(C6CCCCC6)C6CCCC(C7CCCCC7)C6C5)C5CCCCC54)C4CCCCC43)CC3C(C4CCCCC4)CCCC23)CC1. The first-order valence-electron chi connectivity index (χ1n) is 35.8. The topological polar surface area (TPSA) is 0 Å². The van der Waals surface area contributed by atoms with Crippen molar-refractivity contribution in [2.45, 2.75) is 295 Å². The van der Waals surface area contributed by atoms with Crippen LogP contribution in [0.2, 0.25) is 0 Å². The molecule has 0 heterocycles. The first kappa shape index (κ1) is 50.2. The Morgan fingerprint density at radius 2 is 0.319 bits per heavy atom. The highest BCUT2D eigenvalue weighted by molar-refractivity contribution is 5.12. The minimum atomic E-state index is 1.10. The molecule has 14 saturated carbocycles. The number of fused-ring (bicyclic) bond motifs is 6.